The van der Waals surface area contributed by atoms with E-state index in [1.54, 1.807) is 72.7 Å². The number of methoxy groups -OCH3 is 2. The lowest BCUT2D eigenvalue weighted by Gasteiger charge is -2.50. The summed E-state index contributed by atoms with van der Waals surface area (Å²) in [7, 11) is 6.72. The smallest absolute Gasteiger partial charge is 0.407 e. The molecule has 19 heteroatoms. The molecule has 0 bridgehead atoms. The van der Waals surface area contributed by atoms with Crippen LogP contribution in [0.3, 0.4) is 0 Å². The number of unbranched alkanes of at least 4 members (excludes halogenated alkanes) is 2. The summed E-state index contributed by atoms with van der Waals surface area (Å²) in [5.41, 5.74) is -3.63. The van der Waals surface area contributed by atoms with Gasteiger partial charge in [0.15, 0.2) is 18.7 Å². The normalized spacial score (nSPS) is 38.8. The first-order valence-corrected chi connectivity index (χ1v) is 25.9. The van der Waals surface area contributed by atoms with Gasteiger partial charge in [-0.3, -0.25) is 14.4 Å². The largest absolute Gasteiger partial charge is 0.508 e. The number of rotatable bonds is 17. The number of phenolic OH excluding ortho intramolecular Hbond substituents is 1. The molecule has 2 amide bonds. The molecule has 0 spiro atoms. The van der Waals surface area contributed by atoms with E-state index in [9.17, 15) is 39.6 Å². The summed E-state index contributed by atoms with van der Waals surface area (Å²) in [6, 6.07) is 6.14. The quantitative estimate of drug-likeness (QED) is 0.0854. The zero-order valence-corrected chi connectivity index (χ0v) is 45.5. The second-order valence-corrected chi connectivity index (χ2v) is 21.6. The second kappa shape index (κ2) is 26.3. The van der Waals surface area contributed by atoms with Crippen LogP contribution in [0, 0.1) is 23.7 Å². The number of aliphatic hydroxyl groups excluding tert-OH is 2. The molecule has 72 heavy (non-hydrogen) atoms. The SMILES string of the molecule is CC[C@H]1OC(=O)[C@H](C)[C@@H](O[C@H]2C[C@@](C)(OC)[C@@H](OC(=O)NCCCCCC(=O)NC(C)c3ccc(O)cc3)[C@H](C)O2)[C@H](C)[C@@H](O[C@@H]2O[C@H](C)C[C@H](N(C)C)[C@H]2O)[C@](C)(OC)C[C@@H](C)C(=O)[C@H](C)[C@@H](O)[C@]1(C)O. The number of nitrogens with zero attached hydrogens (tertiary/aromatic N) is 1. The summed E-state index contributed by atoms with van der Waals surface area (Å²) in [4.78, 5) is 56.5. The molecule has 3 saturated heterocycles. The lowest BCUT2D eigenvalue weighted by molar-refractivity contribution is -0.319. The van der Waals surface area contributed by atoms with Crippen molar-refractivity contribution in [1.82, 2.24) is 15.5 Å². The molecule has 3 fully saturated rings. The number of benzene rings is 1. The van der Waals surface area contributed by atoms with Crippen LogP contribution in [0.1, 0.15) is 139 Å². The maximum absolute atomic E-state index is 14.5. The van der Waals surface area contributed by atoms with Crippen LogP contribution < -0.4 is 10.6 Å². The van der Waals surface area contributed by atoms with E-state index in [1.165, 1.54) is 21.1 Å². The van der Waals surface area contributed by atoms with Gasteiger partial charge in [-0.05, 0) is 112 Å². The van der Waals surface area contributed by atoms with E-state index in [4.69, 9.17) is 37.9 Å². The number of likely N-dealkylation sites (N-methyl/N-ethyl adjacent to an activating group) is 1. The maximum atomic E-state index is 14.5. The average molecular weight is 1020 g/mol. The van der Waals surface area contributed by atoms with Gasteiger partial charge in [-0.15, -0.1) is 0 Å². The van der Waals surface area contributed by atoms with Crippen LogP contribution in [-0.2, 0) is 52.3 Å². The molecule has 0 aliphatic carbocycles. The summed E-state index contributed by atoms with van der Waals surface area (Å²) in [5.74, 6) is -4.74. The van der Waals surface area contributed by atoms with Gasteiger partial charge < -0.3 is 73.9 Å². The minimum Gasteiger partial charge on any atom is -0.508 e. The van der Waals surface area contributed by atoms with Gasteiger partial charge in [0.2, 0.25) is 5.91 Å². The van der Waals surface area contributed by atoms with Crippen molar-refractivity contribution in [2.75, 3.05) is 34.9 Å². The van der Waals surface area contributed by atoms with E-state index in [0.29, 0.717) is 38.6 Å². The van der Waals surface area contributed by atoms with Crippen LogP contribution in [-0.4, -0.2) is 168 Å². The van der Waals surface area contributed by atoms with Gasteiger partial charge >= 0.3 is 12.1 Å². The number of nitrogens with one attached hydrogen (secondary N) is 2. The van der Waals surface area contributed by atoms with Gasteiger partial charge in [-0.2, -0.15) is 0 Å². The van der Waals surface area contributed by atoms with Gasteiger partial charge in [-0.1, -0.05) is 46.2 Å². The number of phenols is 1. The predicted molar refractivity (Wildman–Crippen MR) is 266 cm³/mol. The van der Waals surface area contributed by atoms with Crippen LogP contribution in [0.15, 0.2) is 24.3 Å². The number of Topliss-reactive ketones (excluding diaryl/α,β-unsaturated/α-hetero) is 1. The third-order valence-electron chi connectivity index (χ3n) is 15.6. The van der Waals surface area contributed by atoms with Crippen molar-refractivity contribution in [3.8, 4) is 5.75 Å². The molecule has 0 aromatic heterocycles. The number of amides is 2. The van der Waals surface area contributed by atoms with Crippen LogP contribution in [0.2, 0.25) is 0 Å². The van der Waals surface area contributed by atoms with Gasteiger partial charge in [0.25, 0.3) is 0 Å². The Balaban J connectivity index is 1.57. The third-order valence-corrected chi connectivity index (χ3v) is 15.6. The fraction of sp³-hybridized carbons (Fsp3) is 0.811. The number of cyclic esters (lactones) is 1. The summed E-state index contributed by atoms with van der Waals surface area (Å²) >= 11 is 0. The molecule has 19 atom stereocenters. The highest BCUT2D eigenvalue weighted by Gasteiger charge is 2.55. The molecule has 3 aliphatic rings. The summed E-state index contributed by atoms with van der Waals surface area (Å²) in [5, 5.41) is 50.5. The first-order valence-electron chi connectivity index (χ1n) is 25.9. The van der Waals surface area contributed by atoms with E-state index >= 15 is 0 Å². The molecule has 19 nitrogen and oxygen atoms in total. The highest BCUT2D eigenvalue weighted by molar-refractivity contribution is 5.83. The number of carbonyl (C=O) groups is 4. The molecular formula is C53H89N3O16. The first-order chi connectivity index (χ1) is 33.6. The Bertz CT molecular complexity index is 1910. The fourth-order valence-corrected chi connectivity index (χ4v) is 10.9. The van der Waals surface area contributed by atoms with E-state index < -0.39 is 108 Å². The van der Waals surface area contributed by atoms with Crippen molar-refractivity contribution in [3.05, 3.63) is 29.8 Å². The van der Waals surface area contributed by atoms with Gasteiger partial charge in [-0.25, -0.2) is 4.79 Å². The number of aromatic hydroxyl groups is 1. The van der Waals surface area contributed by atoms with Crippen molar-refractivity contribution < 1.29 is 77.5 Å². The molecule has 1 unspecified atom stereocenters. The molecule has 1 aromatic carbocycles. The molecule has 3 heterocycles. The van der Waals surface area contributed by atoms with Crippen molar-refractivity contribution in [1.29, 1.82) is 0 Å². The number of alkyl carbamates (subject to hydrolysis) is 1. The van der Waals surface area contributed by atoms with Crippen LogP contribution in [0.25, 0.3) is 0 Å². The van der Waals surface area contributed by atoms with Crippen molar-refractivity contribution in [2.45, 2.75) is 218 Å². The highest BCUT2D eigenvalue weighted by Crippen LogP contribution is 2.42. The van der Waals surface area contributed by atoms with Crippen molar-refractivity contribution >= 4 is 23.8 Å². The Morgan fingerprint density at radius 2 is 1.50 bits per heavy atom. The number of esters is 1. The van der Waals surface area contributed by atoms with Crippen LogP contribution in [0.5, 0.6) is 5.75 Å². The Morgan fingerprint density at radius 1 is 0.875 bits per heavy atom. The number of hydrogen-bond acceptors (Lipinski definition) is 17. The summed E-state index contributed by atoms with van der Waals surface area (Å²) in [6.45, 7) is 19.1. The van der Waals surface area contributed by atoms with Crippen LogP contribution >= 0.6 is 0 Å². The van der Waals surface area contributed by atoms with E-state index in [1.807, 2.05) is 39.8 Å². The number of ether oxygens (including phenoxy) is 8. The molecule has 6 N–H and O–H groups in total. The number of carbonyl (C=O) groups excluding carboxylic acids is 4. The van der Waals surface area contributed by atoms with Crippen molar-refractivity contribution in [3.63, 3.8) is 0 Å². The molecule has 4 rings (SSSR count). The molecule has 3 aliphatic heterocycles. The number of ketones is 1. The minimum absolute atomic E-state index is 0.0334. The Labute approximate surface area is 427 Å². The monoisotopic (exact) mass is 1020 g/mol. The third kappa shape index (κ3) is 15.1. The molecule has 0 radical (unpaired) electrons. The number of hydrogen-bond donors (Lipinski definition) is 6. The zero-order valence-electron chi connectivity index (χ0n) is 45.5. The second-order valence-electron chi connectivity index (χ2n) is 21.6. The molecular weight excluding hydrogens is 935 g/mol. The zero-order chi connectivity index (χ0) is 54.0. The Morgan fingerprint density at radius 3 is 2.10 bits per heavy atom. The van der Waals surface area contributed by atoms with E-state index in [0.717, 1.165) is 5.56 Å². The molecule has 0 saturated carbocycles. The molecule has 412 valence electrons. The van der Waals surface area contributed by atoms with Crippen molar-refractivity contribution in [2.24, 2.45) is 23.7 Å². The maximum Gasteiger partial charge on any atom is 0.407 e. The molecule has 1 aromatic rings. The Hall–Kier alpha value is -3.50. The standard InChI is InChI=1S/C53H89N3O16/c1-16-39-53(11,64)45(61)31(4)42(59)29(2)27-51(9,65-14)46(71-49-43(60)38(56(12)13)26-30(3)67-49)32(5)44(33(6)48(62)69-39)70-41-28-52(10,66-15)47(35(8)68-41)72-50(63)54-25-19-17-18-20-40(58)55-34(7)36-21-23-37(57)24-22-36/h21-24,29-35,38-39,41,43-47,49,57,60-61,64H,16-20,25-28H2,1-15H3,(H,54,63)(H,55,58)/t29-,30-,31+,32+,33-,34?,35+,38+,39-,41+,43-,44+,45-,46-,47+,49+,51-,52-,53-/m1/s1. The van der Waals surface area contributed by atoms with E-state index in [2.05, 4.69) is 10.6 Å². The minimum atomic E-state index is -2.02. The topological polar surface area (TPSA) is 250 Å². The summed E-state index contributed by atoms with van der Waals surface area (Å²) < 4.78 is 51.0. The van der Waals surface area contributed by atoms with E-state index in [-0.39, 0.29) is 54.9 Å². The lowest BCUT2D eigenvalue weighted by atomic mass is 9.74. The number of aliphatic hydroxyl groups is 3. The van der Waals surface area contributed by atoms with Crippen LogP contribution in [0.4, 0.5) is 4.79 Å². The Kier molecular flexibility index (Phi) is 22.3. The predicted octanol–water partition coefficient (Wildman–Crippen LogP) is 5.32. The summed E-state index contributed by atoms with van der Waals surface area (Å²) in [6.07, 6.45) is -8.03. The van der Waals surface area contributed by atoms with Gasteiger partial charge in [0.1, 0.15) is 34.9 Å². The highest BCUT2D eigenvalue weighted by atomic mass is 16.7. The lowest BCUT2D eigenvalue weighted by Crippen LogP contribution is -2.62. The van der Waals surface area contributed by atoms with Gasteiger partial charge in [0.05, 0.1) is 48.1 Å². The first kappa shape index (κ1) is 61.1. The fourth-order valence-electron chi connectivity index (χ4n) is 10.9. The average Bonchev–Trinajstić information content (AvgIpc) is 3.33. The van der Waals surface area contributed by atoms with Gasteiger partial charge in [0, 0.05) is 57.4 Å².